The van der Waals surface area contributed by atoms with Gasteiger partial charge in [0.2, 0.25) is 6.79 Å². The number of thioether (sulfide) groups is 1. The van der Waals surface area contributed by atoms with E-state index in [9.17, 15) is 14.4 Å². The minimum atomic E-state index is -0.557. The van der Waals surface area contributed by atoms with E-state index < -0.39 is 18.5 Å². The van der Waals surface area contributed by atoms with Gasteiger partial charge in [-0.25, -0.2) is 0 Å². The molecule has 1 aliphatic rings. The Bertz CT molecular complexity index is 949. The van der Waals surface area contributed by atoms with Crippen molar-refractivity contribution in [2.45, 2.75) is 18.2 Å². The maximum Gasteiger partial charge on any atom is 0.307 e. The smallest absolute Gasteiger partial charge is 0.307 e. The van der Waals surface area contributed by atoms with Gasteiger partial charge in [0.05, 0.1) is 17.1 Å². The van der Waals surface area contributed by atoms with Gasteiger partial charge in [0, 0.05) is 22.3 Å². The normalized spacial score (nSPS) is 11.8. The molecular weight excluding hydrogens is 418 g/mol. The van der Waals surface area contributed by atoms with Crippen molar-refractivity contribution in [1.29, 1.82) is 0 Å². The van der Waals surface area contributed by atoms with Crippen LogP contribution in [0.15, 0.2) is 41.3 Å². The summed E-state index contributed by atoms with van der Waals surface area (Å²) in [5.41, 5.74) is 0.558. The van der Waals surface area contributed by atoms with Gasteiger partial charge in [-0.15, -0.1) is 11.8 Å². The lowest BCUT2D eigenvalue weighted by Gasteiger charge is -2.11. The highest BCUT2D eigenvalue weighted by atomic mass is 35.5. The van der Waals surface area contributed by atoms with Crippen molar-refractivity contribution >= 4 is 46.7 Å². The largest absolute Gasteiger partial charge is 0.456 e. The summed E-state index contributed by atoms with van der Waals surface area (Å²) in [5, 5.41) is 3.19. The first-order valence-corrected chi connectivity index (χ1v) is 10.1. The van der Waals surface area contributed by atoms with E-state index in [-0.39, 0.29) is 30.2 Å². The lowest BCUT2D eigenvalue weighted by atomic mass is 10.1. The number of carbonyl (C=O) groups excluding carboxylic acids is 3. The molecule has 7 nitrogen and oxygen atoms in total. The summed E-state index contributed by atoms with van der Waals surface area (Å²) < 4.78 is 15.5. The van der Waals surface area contributed by atoms with E-state index in [1.807, 2.05) is 18.2 Å². The van der Waals surface area contributed by atoms with Gasteiger partial charge in [0.25, 0.3) is 5.91 Å². The zero-order valence-corrected chi connectivity index (χ0v) is 17.1. The zero-order chi connectivity index (χ0) is 20.8. The third-order valence-corrected chi connectivity index (χ3v) is 5.45. The maximum absolute atomic E-state index is 12.1. The van der Waals surface area contributed by atoms with Crippen LogP contribution in [-0.4, -0.2) is 36.8 Å². The molecule has 0 saturated heterocycles. The van der Waals surface area contributed by atoms with Crippen molar-refractivity contribution in [1.82, 2.24) is 0 Å². The van der Waals surface area contributed by atoms with Crippen LogP contribution in [0.1, 0.15) is 23.7 Å². The molecule has 1 heterocycles. The Hall–Kier alpha value is -2.71. The molecule has 1 N–H and O–H groups in total. The second-order valence-electron chi connectivity index (χ2n) is 6.04. The van der Waals surface area contributed by atoms with Gasteiger partial charge in [-0.05, 0) is 25.1 Å². The highest BCUT2D eigenvalue weighted by Crippen LogP contribution is 2.37. The number of benzene rings is 2. The Morgan fingerprint density at radius 3 is 2.62 bits per heavy atom. The molecule has 0 saturated carbocycles. The molecule has 0 aromatic heterocycles. The molecule has 0 unspecified atom stereocenters. The van der Waals surface area contributed by atoms with Gasteiger partial charge in [-0.3, -0.25) is 14.4 Å². The molecule has 2 aromatic carbocycles. The molecule has 0 atom stereocenters. The quantitative estimate of drug-likeness (QED) is 0.381. The Labute approximate surface area is 176 Å². The molecule has 0 bridgehead atoms. The number of halogens is 1. The molecule has 0 fully saturated rings. The summed E-state index contributed by atoms with van der Waals surface area (Å²) in [6, 6.07) is 10.4. The molecule has 0 spiro atoms. The van der Waals surface area contributed by atoms with Crippen LogP contribution in [0.4, 0.5) is 5.69 Å². The number of ether oxygens (including phenoxy) is 3. The number of amides is 1. The van der Waals surface area contributed by atoms with E-state index in [0.29, 0.717) is 22.3 Å². The summed E-state index contributed by atoms with van der Waals surface area (Å²) in [6.45, 7) is 0.971. The first-order chi connectivity index (χ1) is 13.9. The fourth-order valence-corrected chi connectivity index (χ4v) is 3.72. The standard InChI is InChI=1S/C20H18ClNO6S/c1-12(23)13-8-16-17(28-11-27-16)9-15(13)22-19(24)10-26-20(25)6-7-29-18-5-3-2-4-14(18)21/h2-5,8-9H,6-7,10-11H2,1H3,(H,22,24). The Morgan fingerprint density at radius 1 is 1.17 bits per heavy atom. The van der Waals surface area contributed by atoms with Crippen LogP contribution in [0, 0.1) is 0 Å². The molecule has 2 aromatic rings. The number of fused-ring (bicyclic) bond motifs is 1. The average molecular weight is 436 g/mol. The molecule has 1 aliphatic heterocycles. The van der Waals surface area contributed by atoms with E-state index in [1.165, 1.54) is 30.8 Å². The summed E-state index contributed by atoms with van der Waals surface area (Å²) in [6.07, 6.45) is 0.131. The molecule has 0 aliphatic carbocycles. The molecule has 1 amide bonds. The van der Waals surface area contributed by atoms with Gasteiger partial charge >= 0.3 is 5.97 Å². The molecule has 29 heavy (non-hydrogen) atoms. The highest BCUT2D eigenvalue weighted by molar-refractivity contribution is 7.99. The van der Waals surface area contributed by atoms with E-state index in [2.05, 4.69) is 5.32 Å². The average Bonchev–Trinajstić information content (AvgIpc) is 3.14. The van der Waals surface area contributed by atoms with E-state index in [1.54, 1.807) is 6.07 Å². The van der Waals surface area contributed by atoms with Gasteiger partial charge in [0.1, 0.15) is 0 Å². The molecular formula is C20H18ClNO6S. The second-order valence-corrected chi connectivity index (χ2v) is 7.59. The van der Waals surface area contributed by atoms with Crippen molar-refractivity contribution in [3.05, 3.63) is 47.0 Å². The van der Waals surface area contributed by atoms with Gasteiger partial charge in [0.15, 0.2) is 23.9 Å². The number of hydrogen-bond donors (Lipinski definition) is 1. The Morgan fingerprint density at radius 2 is 1.90 bits per heavy atom. The third-order valence-electron chi connectivity index (χ3n) is 3.93. The van der Waals surface area contributed by atoms with Crippen LogP contribution in [0.25, 0.3) is 0 Å². The first kappa shape index (κ1) is 21.0. The van der Waals surface area contributed by atoms with Crippen molar-refractivity contribution in [3.8, 4) is 11.5 Å². The lowest BCUT2D eigenvalue weighted by molar-refractivity contribution is -0.146. The van der Waals surface area contributed by atoms with Crippen LogP contribution in [0.3, 0.4) is 0 Å². The van der Waals surface area contributed by atoms with Gasteiger partial charge in [-0.2, -0.15) is 0 Å². The molecule has 3 rings (SSSR count). The first-order valence-electron chi connectivity index (χ1n) is 8.71. The number of rotatable bonds is 8. The number of esters is 1. The molecule has 9 heteroatoms. The number of anilines is 1. The van der Waals surface area contributed by atoms with Crippen molar-refractivity contribution in [3.63, 3.8) is 0 Å². The maximum atomic E-state index is 12.1. The number of hydrogen-bond acceptors (Lipinski definition) is 7. The highest BCUT2D eigenvalue weighted by Gasteiger charge is 2.20. The van der Waals surface area contributed by atoms with Crippen LogP contribution in [0.5, 0.6) is 11.5 Å². The summed E-state index contributed by atoms with van der Waals surface area (Å²) in [7, 11) is 0. The van der Waals surface area contributed by atoms with Crippen LogP contribution >= 0.6 is 23.4 Å². The second kappa shape index (κ2) is 9.67. The SMILES string of the molecule is CC(=O)c1cc2c(cc1NC(=O)COC(=O)CCSc1ccccc1Cl)OCO2. The Balaban J connectivity index is 1.48. The van der Waals surface area contributed by atoms with Crippen molar-refractivity contribution < 1.29 is 28.6 Å². The lowest BCUT2D eigenvalue weighted by Crippen LogP contribution is -2.22. The minimum absolute atomic E-state index is 0.0495. The summed E-state index contributed by atoms with van der Waals surface area (Å²) >= 11 is 7.49. The van der Waals surface area contributed by atoms with Crippen molar-refractivity contribution in [2.75, 3.05) is 24.5 Å². The van der Waals surface area contributed by atoms with E-state index in [0.717, 1.165) is 4.90 Å². The molecule has 152 valence electrons. The fourth-order valence-electron chi connectivity index (χ4n) is 2.55. The van der Waals surface area contributed by atoms with Crippen molar-refractivity contribution in [2.24, 2.45) is 0 Å². The van der Waals surface area contributed by atoms with Gasteiger partial charge < -0.3 is 19.5 Å². The van der Waals surface area contributed by atoms with E-state index >= 15 is 0 Å². The van der Waals surface area contributed by atoms with Crippen LogP contribution in [0.2, 0.25) is 5.02 Å². The monoisotopic (exact) mass is 435 g/mol. The minimum Gasteiger partial charge on any atom is -0.456 e. The topological polar surface area (TPSA) is 90.9 Å². The molecule has 0 radical (unpaired) electrons. The predicted octanol–water partition coefficient (Wildman–Crippen LogP) is 3.94. The van der Waals surface area contributed by atoms with Crippen LogP contribution < -0.4 is 14.8 Å². The van der Waals surface area contributed by atoms with Gasteiger partial charge in [-0.1, -0.05) is 23.7 Å². The fraction of sp³-hybridized carbons (Fsp3) is 0.250. The number of Topliss-reactive ketones (excluding diaryl/α,β-unsaturated/α-hetero) is 1. The summed E-state index contributed by atoms with van der Waals surface area (Å²) in [4.78, 5) is 36.7. The zero-order valence-electron chi connectivity index (χ0n) is 15.5. The van der Waals surface area contributed by atoms with E-state index in [4.69, 9.17) is 25.8 Å². The third kappa shape index (κ3) is 5.65. The van der Waals surface area contributed by atoms with Crippen LogP contribution in [-0.2, 0) is 14.3 Å². The number of ketones is 1. The predicted molar refractivity (Wildman–Crippen MR) is 109 cm³/mol. The number of carbonyl (C=O) groups is 3. The summed E-state index contributed by atoms with van der Waals surface area (Å²) in [5.74, 6) is 0.0401. The Kier molecular flexibility index (Phi) is 7.00. The number of nitrogens with one attached hydrogen (secondary N) is 1.